The van der Waals surface area contributed by atoms with Gasteiger partial charge in [0, 0.05) is 25.5 Å². The maximum Gasteiger partial charge on any atom is 0.0488 e. The topological polar surface area (TPSA) is 39.3 Å². The van der Waals surface area contributed by atoms with E-state index in [0.717, 1.165) is 38.9 Å². The fourth-order valence-electron chi connectivity index (χ4n) is 2.52. The third kappa shape index (κ3) is 2.47. The summed E-state index contributed by atoms with van der Waals surface area (Å²) in [4.78, 5) is 5.57. The molecule has 90 valence electrons. The maximum atomic E-state index is 9.46. The van der Waals surface area contributed by atoms with Gasteiger partial charge in [-0.2, -0.15) is 0 Å². The van der Waals surface area contributed by atoms with Gasteiger partial charge >= 0.3 is 0 Å². The minimum absolute atomic E-state index is 0.203. The summed E-state index contributed by atoms with van der Waals surface area (Å²) < 4.78 is 0. The third-order valence-corrected chi connectivity index (χ3v) is 4.07. The summed E-state index contributed by atoms with van der Waals surface area (Å²) in [5, 5.41) is 9.46. The summed E-state index contributed by atoms with van der Waals surface area (Å²) in [6.07, 6.45) is 7.40. The molecule has 1 aromatic rings. The maximum absolute atomic E-state index is 9.46. The second kappa shape index (κ2) is 5.02. The second-order valence-corrected chi connectivity index (χ2v) is 5.01. The molecule has 2 rings (SSSR count). The smallest absolute Gasteiger partial charge is 0.0488 e. The Morgan fingerprint density at radius 3 is 2.69 bits per heavy atom. The van der Waals surface area contributed by atoms with E-state index in [-0.39, 0.29) is 5.41 Å². The molecule has 1 fully saturated rings. The number of likely N-dealkylation sites (tertiary alicyclic amines) is 1. The Hall–Kier alpha value is -0.800. The van der Waals surface area contributed by atoms with Gasteiger partial charge in [0.25, 0.3) is 0 Å². The number of rotatable bonds is 4. The van der Waals surface area contributed by atoms with Crippen molar-refractivity contribution in [1.82, 2.24) is 9.88 Å². The lowest BCUT2D eigenvalue weighted by molar-refractivity contribution is 0.0382. The van der Waals surface area contributed by atoms with Crippen LogP contribution >= 0.6 is 0 Å². The predicted octanol–water partition coefficient (Wildman–Crippen LogP) is 2.00. The largest absolute Gasteiger partial charge is 0.396 e. The first-order valence-electron chi connectivity index (χ1n) is 6.23. The molecule has 1 aliphatic heterocycles. The number of nitrogens with one attached hydrogen (secondary N) is 1. The molecule has 0 saturated carbocycles. The molecule has 1 aliphatic rings. The zero-order valence-electron chi connectivity index (χ0n) is 10.1. The van der Waals surface area contributed by atoms with Gasteiger partial charge in [-0.25, -0.2) is 0 Å². The number of aromatic amines is 1. The fraction of sp³-hybridized carbons (Fsp3) is 0.692. The van der Waals surface area contributed by atoms with Crippen LogP contribution in [0.15, 0.2) is 18.5 Å². The van der Waals surface area contributed by atoms with Crippen molar-refractivity contribution in [2.24, 2.45) is 5.41 Å². The molecular formula is C13H22N2O. The Morgan fingerprint density at radius 1 is 1.44 bits per heavy atom. The van der Waals surface area contributed by atoms with Crippen LogP contribution in [0.3, 0.4) is 0 Å². The van der Waals surface area contributed by atoms with Gasteiger partial charge in [0.15, 0.2) is 0 Å². The molecule has 0 bridgehead atoms. The van der Waals surface area contributed by atoms with E-state index in [1.54, 1.807) is 0 Å². The van der Waals surface area contributed by atoms with E-state index in [9.17, 15) is 5.11 Å². The van der Waals surface area contributed by atoms with E-state index in [0.29, 0.717) is 6.61 Å². The molecule has 3 heteroatoms. The highest BCUT2D eigenvalue weighted by Gasteiger charge is 2.32. The number of H-pyrrole nitrogens is 1. The van der Waals surface area contributed by atoms with Gasteiger partial charge in [0.1, 0.15) is 0 Å². The molecule has 16 heavy (non-hydrogen) atoms. The molecule has 2 heterocycles. The summed E-state index contributed by atoms with van der Waals surface area (Å²) in [7, 11) is 0. The molecule has 2 N–H and O–H groups in total. The Morgan fingerprint density at radius 2 is 2.19 bits per heavy atom. The van der Waals surface area contributed by atoms with Crippen LogP contribution in [0.5, 0.6) is 0 Å². The highest BCUT2D eigenvalue weighted by Crippen LogP contribution is 2.34. The van der Waals surface area contributed by atoms with E-state index in [1.165, 1.54) is 5.56 Å². The summed E-state index contributed by atoms with van der Waals surface area (Å²) in [6, 6.07) is 2.13. The molecule has 0 aliphatic carbocycles. The second-order valence-electron chi connectivity index (χ2n) is 5.01. The molecule has 0 amide bonds. The average molecular weight is 222 g/mol. The Balaban J connectivity index is 1.85. The molecule has 0 aromatic carbocycles. The van der Waals surface area contributed by atoms with Crippen LogP contribution < -0.4 is 0 Å². The number of aliphatic hydroxyl groups excluding tert-OH is 1. The molecule has 1 saturated heterocycles. The summed E-state index contributed by atoms with van der Waals surface area (Å²) in [5.74, 6) is 0. The van der Waals surface area contributed by atoms with Crippen molar-refractivity contribution in [1.29, 1.82) is 0 Å². The SMILES string of the molecule is CCC1(CO)CCN(Cc2cc[nH]c2)CC1. The minimum atomic E-state index is 0.203. The summed E-state index contributed by atoms with van der Waals surface area (Å²) in [5.41, 5.74) is 1.56. The molecular weight excluding hydrogens is 200 g/mol. The molecule has 0 spiro atoms. The quantitative estimate of drug-likeness (QED) is 0.818. The molecule has 0 radical (unpaired) electrons. The van der Waals surface area contributed by atoms with E-state index < -0.39 is 0 Å². The Kier molecular flexibility index (Phi) is 3.66. The van der Waals surface area contributed by atoms with Gasteiger partial charge in [0.2, 0.25) is 0 Å². The van der Waals surface area contributed by atoms with Crippen LogP contribution in [0, 0.1) is 5.41 Å². The third-order valence-electron chi connectivity index (χ3n) is 4.07. The van der Waals surface area contributed by atoms with Crippen LogP contribution in [0.4, 0.5) is 0 Å². The van der Waals surface area contributed by atoms with Crippen molar-refractivity contribution < 1.29 is 5.11 Å². The Labute approximate surface area is 97.5 Å². The van der Waals surface area contributed by atoms with Gasteiger partial charge in [0.05, 0.1) is 0 Å². The fourth-order valence-corrected chi connectivity index (χ4v) is 2.52. The van der Waals surface area contributed by atoms with Crippen molar-refractivity contribution >= 4 is 0 Å². The molecule has 3 nitrogen and oxygen atoms in total. The first-order chi connectivity index (χ1) is 7.78. The van der Waals surface area contributed by atoms with Crippen LogP contribution in [0.25, 0.3) is 0 Å². The zero-order chi connectivity index (χ0) is 11.4. The normalized spacial score (nSPS) is 21.1. The number of piperidine rings is 1. The number of nitrogens with zero attached hydrogens (tertiary/aromatic N) is 1. The van der Waals surface area contributed by atoms with Crippen molar-refractivity contribution in [3.8, 4) is 0 Å². The van der Waals surface area contributed by atoms with Crippen molar-refractivity contribution in [3.63, 3.8) is 0 Å². The lowest BCUT2D eigenvalue weighted by atomic mass is 9.77. The highest BCUT2D eigenvalue weighted by atomic mass is 16.3. The number of hydrogen-bond donors (Lipinski definition) is 2. The van der Waals surface area contributed by atoms with Gasteiger partial charge in [-0.05, 0) is 49.4 Å². The minimum Gasteiger partial charge on any atom is -0.396 e. The predicted molar refractivity (Wildman–Crippen MR) is 65.1 cm³/mol. The Bertz CT molecular complexity index is 294. The van der Waals surface area contributed by atoms with E-state index in [2.05, 4.69) is 29.1 Å². The average Bonchev–Trinajstić information content (AvgIpc) is 2.83. The van der Waals surface area contributed by atoms with Crippen molar-refractivity contribution in [2.75, 3.05) is 19.7 Å². The summed E-state index contributed by atoms with van der Waals surface area (Å²) >= 11 is 0. The van der Waals surface area contributed by atoms with Crippen LogP contribution in [0.1, 0.15) is 31.7 Å². The zero-order valence-corrected chi connectivity index (χ0v) is 10.1. The van der Waals surface area contributed by atoms with Crippen LogP contribution in [0.2, 0.25) is 0 Å². The van der Waals surface area contributed by atoms with Gasteiger partial charge in [-0.1, -0.05) is 6.92 Å². The lowest BCUT2D eigenvalue weighted by Crippen LogP contribution is -2.41. The number of hydrogen-bond acceptors (Lipinski definition) is 2. The van der Waals surface area contributed by atoms with E-state index in [4.69, 9.17) is 0 Å². The van der Waals surface area contributed by atoms with E-state index in [1.807, 2.05) is 6.20 Å². The van der Waals surface area contributed by atoms with Crippen LogP contribution in [-0.4, -0.2) is 34.7 Å². The van der Waals surface area contributed by atoms with Gasteiger partial charge in [-0.3, -0.25) is 4.90 Å². The van der Waals surface area contributed by atoms with Crippen LogP contribution in [-0.2, 0) is 6.54 Å². The van der Waals surface area contributed by atoms with Gasteiger partial charge < -0.3 is 10.1 Å². The number of aromatic nitrogens is 1. The lowest BCUT2D eigenvalue weighted by Gasteiger charge is -2.40. The number of aliphatic hydroxyl groups is 1. The van der Waals surface area contributed by atoms with Crippen molar-refractivity contribution in [2.45, 2.75) is 32.7 Å². The molecule has 1 aromatic heterocycles. The molecule has 0 atom stereocenters. The first kappa shape index (κ1) is 11.7. The molecule has 0 unspecified atom stereocenters. The first-order valence-corrected chi connectivity index (χ1v) is 6.23. The van der Waals surface area contributed by atoms with Gasteiger partial charge in [-0.15, -0.1) is 0 Å². The standard InChI is InChI=1S/C13H22N2O/c1-2-13(11-16)4-7-15(8-5-13)10-12-3-6-14-9-12/h3,6,9,14,16H,2,4-5,7-8,10-11H2,1H3. The van der Waals surface area contributed by atoms with E-state index >= 15 is 0 Å². The summed E-state index contributed by atoms with van der Waals surface area (Å²) in [6.45, 7) is 5.80. The highest BCUT2D eigenvalue weighted by molar-refractivity contribution is 5.08. The monoisotopic (exact) mass is 222 g/mol. The van der Waals surface area contributed by atoms with Crippen molar-refractivity contribution in [3.05, 3.63) is 24.0 Å².